The first-order chi connectivity index (χ1) is 14.1. The second-order valence-electron chi connectivity index (χ2n) is 6.14. The highest BCUT2D eigenvalue weighted by atomic mass is 35.5. The van der Waals surface area contributed by atoms with E-state index in [-0.39, 0.29) is 0 Å². The number of nitrogens with one attached hydrogen (secondary N) is 1. The van der Waals surface area contributed by atoms with Crippen LogP contribution < -0.4 is 14.8 Å². The van der Waals surface area contributed by atoms with Crippen LogP contribution in [0.3, 0.4) is 0 Å². The summed E-state index contributed by atoms with van der Waals surface area (Å²) in [5.41, 5.74) is 2.18. The standard InChI is InChI=1S/C21H16Cl2N4O2/c1-28-18-9-16-17(10-19(18)29-2)26-20(12-4-3-5-24-11-12)27-21(16)25-15-7-13(22)6-14(23)8-15/h3-11H,1-2H3,(H,25,26,27). The number of benzene rings is 2. The van der Waals surface area contributed by atoms with Gasteiger partial charge in [-0.3, -0.25) is 4.98 Å². The van der Waals surface area contributed by atoms with Crippen LogP contribution in [0.5, 0.6) is 11.5 Å². The molecule has 0 aliphatic carbocycles. The summed E-state index contributed by atoms with van der Waals surface area (Å²) < 4.78 is 10.9. The Labute approximate surface area is 177 Å². The number of hydrogen-bond donors (Lipinski definition) is 1. The Balaban J connectivity index is 1.93. The maximum atomic E-state index is 6.15. The Morgan fingerprint density at radius 2 is 1.62 bits per heavy atom. The summed E-state index contributed by atoms with van der Waals surface area (Å²) in [6.45, 7) is 0. The van der Waals surface area contributed by atoms with E-state index >= 15 is 0 Å². The molecule has 29 heavy (non-hydrogen) atoms. The van der Waals surface area contributed by atoms with Crippen molar-refractivity contribution in [3.05, 3.63) is 64.9 Å². The summed E-state index contributed by atoms with van der Waals surface area (Å²) in [4.78, 5) is 13.6. The van der Waals surface area contributed by atoms with E-state index in [4.69, 9.17) is 37.7 Å². The van der Waals surface area contributed by atoms with Crippen molar-refractivity contribution in [2.75, 3.05) is 19.5 Å². The van der Waals surface area contributed by atoms with Crippen molar-refractivity contribution < 1.29 is 9.47 Å². The SMILES string of the molecule is COc1cc2nc(-c3cccnc3)nc(Nc3cc(Cl)cc(Cl)c3)c2cc1OC. The summed E-state index contributed by atoms with van der Waals surface area (Å²) in [6.07, 6.45) is 3.41. The van der Waals surface area contributed by atoms with Crippen LogP contribution in [0.4, 0.5) is 11.5 Å². The zero-order valence-corrected chi connectivity index (χ0v) is 17.1. The van der Waals surface area contributed by atoms with E-state index in [0.29, 0.717) is 44.4 Å². The molecule has 0 unspecified atom stereocenters. The Kier molecular flexibility index (Phi) is 5.38. The Morgan fingerprint density at radius 3 is 2.28 bits per heavy atom. The molecule has 4 rings (SSSR count). The van der Waals surface area contributed by atoms with Crippen LogP contribution in [-0.2, 0) is 0 Å². The van der Waals surface area contributed by atoms with Crippen molar-refractivity contribution in [3.8, 4) is 22.9 Å². The van der Waals surface area contributed by atoms with Crippen LogP contribution in [-0.4, -0.2) is 29.2 Å². The molecular formula is C21H16Cl2N4O2. The number of pyridine rings is 1. The van der Waals surface area contributed by atoms with Gasteiger partial charge in [0.05, 0.1) is 19.7 Å². The van der Waals surface area contributed by atoms with Crippen LogP contribution in [0, 0.1) is 0 Å². The van der Waals surface area contributed by atoms with Crippen molar-refractivity contribution in [3.63, 3.8) is 0 Å². The monoisotopic (exact) mass is 426 g/mol. The average Bonchev–Trinajstić information content (AvgIpc) is 2.72. The van der Waals surface area contributed by atoms with Gasteiger partial charge in [-0.25, -0.2) is 9.97 Å². The van der Waals surface area contributed by atoms with Crippen LogP contribution in [0.15, 0.2) is 54.9 Å². The fraction of sp³-hybridized carbons (Fsp3) is 0.0952. The number of halogens is 2. The van der Waals surface area contributed by atoms with Crippen LogP contribution in [0.1, 0.15) is 0 Å². The van der Waals surface area contributed by atoms with Gasteiger partial charge in [-0.05, 0) is 36.4 Å². The number of rotatable bonds is 5. The lowest BCUT2D eigenvalue weighted by molar-refractivity contribution is 0.356. The summed E-state index contributed by atoms with van der Waals surface area (Å²) in [5, 5.41) is 5.08. The molecule has 0 saturated carbocycles. The van der Waals surface area contributed by atoms with E-state index in [1.165, 1.54) is 0 Å². The molecule has 2 aromatic heterocycles. The first kappa shape index (κ1) is 19.2. The van der Waals surface area contributed by atoms with Gasteiger partial charge >= 0.3 is 0 Å². The van der Waals surface area contributed by atoms with Crippen molar-refractivity contribution >= 4 is 45.6 Å². The highest BCUT2D eigenvalue weighted by molar-refractivity contribution is 6.35. The molecule has 2 aromatic carbocycles. The lowest BCUT2D eigenvalue weighted by Gasteiger charge is -2.14. The average molecular weight is 427 g/mol. The fourth-order valence-corrected chi connectivity index (χ4v) is 3.46. The van der Waals surface area contributed by atoms with Crippen LogP contribution >= 0.6 is 23.2 Å². The van der Waals surface area contributed by atoms with Gasteiger partial charge in [0.2, 0.25) is 0 Å². The predicted molar refractivity (Wildman–Crippen MR) is 116 cm³/mol. The Morgan fingerprint density at radius 1 is 0.897 bits per heavy atom. The van der Waals surface area contributed by atoms with Gasteiger partial charge in [0.15, 0.2) is 17.3 Å². The van der Waals surface area contributed by atoms with E-state index in [1.807, 2.05) is 24.3 Å². The zero-order chi connectivity index (χ0) is 20.4. The minimum atomic E-state index is 0.519. The third-order valence-corrected chi connectivity index (χ3v) is 4.68. The third-order valence-electron chi connectivity index (χ3n) is 4.25. The number of aromatic nitrogens is 3. The molecule has 0 atom stereocenters. The summed E-state index contributed by atoms with van der Waals surface area (Å²) in [7, 11) is 3.17. The van der Waals surface area contributed by atoms with E-state index < -0.39 is 0 Å². The van der Waals surface area contributed by atoms with E-state index in [0.717, 1.165) is 10.9 Å². The molecule has 0 aliphatic rings. The first-order valence-electron chi connectivity index (χ1n) is 8.64. The van der Waals surface area contributed by atoms with Crippen LogP contribution in [0.2, 0.25) is 10.0 Å². The highest BCUT2D eigenvalue weighted by Gasteiger charge is 2.15. The zero-order valence-electron chi connectivity index (χ0n) is 15.6. The number of fused-ring (bicyclic) bond motifs is 1. The maximum absolute atomic E-state index is 6.15. The molecule has 2 heterocycles. The van der Waals surface area contributed by atoms with Gasteiger partial charge in [0.1, 0.15) is 5.82 Å². The van der Waals surface area contributed by atoms with E-state index in [1.54, 1.807) is 44.8 Å². The second-order valence-corrected chi connectivity index (χ2v) is 7.02. The predicted octanol–water partition coefficient (Wildman–Crippen LogP) is 5.76. The summed E-state index contributed by atoms with van der Waals surface area (Å²) in [5.74, 6) is 2.25. The van der Waals surface area contributed by atoms with E-state index in [2.05, 4.69) is 15.3 Å². The molecule has 0 amide bonds. The molecule has 146 valence electrons. The van der Waals surface area contributed by atoms with Gasteiger partial charge in [0, 0.05) is 45.1 Å². The van der Waals surface area contributed by atoms with Crippen LogP contribution in [0.25, 0.3) is 22.3 Å². The first-order valence-corrected chi connectivity index (χ1v) is 9.40. The maximum Gasteiger partial charge on any atom is 0.163 e. The number of hydrogen-bond acceptors (Lipinski definition) is 6. The number of methoxy groups -OCH3 is 2. The topological polar surface area (TPSA) is 69.2 Å². The Hall–Kier alpha value is -3.09. The third kappa shape index (κ3) is 4.04. The molecule has 0 aliphatic heterocycles. The number of ether oxygens (including phenoxy) is 2. The second kappa shape index (κ2) is 8.11. The minimum absolute atomic E-state index is 0.519. The van der Waals surface area contributed by atoms with Gasteiger partial charge in [-0.2, -0.15) is 0 Å². The van der Waals surface area contributed by atoms with Gasteiger partial charge in [-0.1, -0.05) is 23.2 Å². The lowest BCUT2D eigenvalue weighted by atomic mass is 10.1. The largest absolute Gasteiger partial charge is 0.493 e. The minimum Gasteiger partial charge on any atom is -0.493 e. The van der Waals surface area contributed by atoms with Crippen molar-refractivity contribution in [1.29, 1.82) is 0 Å². The Bertz CT molecular complexity index is 1170. The molecule has 0 spiro atoms. The molecule has 0 bridgehead atoms. The molecule has 0 fully saturated rings. The lowest BCUT2D eigenvalue weighted by Crippen LogP contribution is -2.01. The number of anilines is 2. The molecule has 4 aromatic rings. The number of nitrogens with zero attached hydrogens (tertiary/aromatic N) is 3. The highest BCUT2D eigenvalue weighted by Crippen LogP contribution is 2.36. The molecule has 0 radical (unpaired) electrons. The van der Waals surface area contributed by atoms with Gasteiger partial charge in [-0.15, -0.1) is 0 Å². The summed E-state index contributed by atoms with van der Waals surface area (Å²) in [6, 6.07) is 12.6. The van der Waals surface area contributed by atoms with Crippen molar-refractivity contribution in [2.24, 2.45) is 0 Å². The normalized spacial score (nSPS) is 10.8. The molecular weight excluding hydrogens is 411 g/mol. The smallest absolute Gasteiger partial charge is 0.163 e. The molecule has 6 nitrogen and oxygen atoms in total. The fourth-order valence-electron chi connectivity index (χ4n) is 2.94. The summed E-state index contributed by atoms with van der Waals surface area (Å²) >= 11 is 12.3. The van der Waals surface area contributed by atoms with Gasteiger partial charge in [0.25, 0.3) is 0 Å². The van der Waals surface area contributed by atoms with E-state index in [9.17, 15) is 0 Å². The molecule has 1 N–H and O–H groups in total. The quantitative estimate of drug-likeness (QED) is 0.437. The molecule has 8 heteroatoms. The van der Waals surface area contributed by atoms with Gasteiger partial charge < -0.3 is 14.8 Å². The van der Waals surface area contributed by atoms with Crippen molar-refractivity contribution in [2.45, 2.75) is 0 Å². The molecule has 0 saturated heterocycles. The van der Waals surface area contributed by atoms with Crippen molar-refractivity contribution in [1.82, 2.24) is 15.0 Å².